The van der Waals surface area contributed by atoms with Crippen LogP contribution in [0.2, 0.25) is 0 Å². The largest absolute Gasteiger partial charge is 0.495 e. The van der Waals surface area contributed by atoms with Gasteiger partial charge >= 0.3 is 6.18 Å². The van der Waals surface area contributed by atoms with Crippen LogP contribution in [-0.2, 0) is 11.3 Å². The molecule has 3 aliphatic rings. The molecule has 1 amide bonds. The van der Waals surface area contributed by atoms with Gasteiger partial charge in [-0.15, -0.1) is 0 Å². The number of hydrogen-bond acceptors (Lipinski definition) is 6. The average Bonchev–Trinajstić information content (AvgIpc) is 3.35. The number of ether oxygens (including phenoxy) is 2. The molecule has 240 valence electrons. The first-order valence-electron chi connectivity index (χ1n) is 15.6. The van der Waals surface area contributed by atoms with Gasteiger partial charge in [-0.05, 0) is 80.8 Å². The second-order valence-corrected chi connectivity index (χ2v) is 12.6. The number of aromatic nitrogens is 1. The standard InChI is InChI=1S/C34H40F3N5O3/c1-44-31-18-23(32(38)43)7-12-29(31)39-15-3-4-26-19-27-28(5-2-6-30(27)42(26)22-34(35,36)37)40-24-8-10-25(11-9-24)41-20-33(21-41)13-16-45-17-14-33/h2,5-7,12,18-19,24-25,39-40H,8-11,13-17,20-22H2,1H3,(H2,38,43)/t24-,25-. The fraction of sp³-hybridized carbons (Fsp3) is 0.500. The summed E-state index contributed by atoms with van der Waals surface area (Å²) in [6.45, 7) is 3.15. The summed E-state index contributed by atoms with van der Waals surface area (Å²) in [7, 11) is 1.47. The van der Waals surface area contributed by atoms with Gasteiger partial charge in [0.05, 0.1) is 30.6 Å². The number of rotatable bonds is 8. The maximum Gasteiger partial charge on any atom is 0.406 e. The van der Waals surface area contributed by atoms with Crippen molar-refractivity contribution in [3.8, 4) is 17.6 Å². The van der Waals surface area contributed by atoms with E-state index in [1.54, 1.807) is 30.3 Å². The topological polar surface area (TPSA) is 93.8 Å². The molecule has 3 heterocycles. The Labute approximate surface area is 261 Å². The highest BCUT2D eigenvalue weighted by molar-refractivity contribution is 5.94. The first kappa shape index (κ1) is 31.1. The number of nitrogens with one attached hydrogen (secondary N) is 2. The van der Waals surface area contributed by atoms with Gasteiger partial charge in [-0.1, -0.05) is 12.0 Å². The van der Waals surface area contributed by atoms with Crippen molar-refractivity contribution < 1.29 is 27.4 Å². The number of hydrogen-bond donors (Lipinski definition) is 3. The Balaban J connectivity index is 1.13. The van der Waals surface area contributed by atoms with Crippen LogP contribution in [0.3, 0.4) is 0 Å². The van der Waals surface area contributed by atoms with Crippen LogP contribution in [0.25, 0.3) is 10.9 Å². The molecule has 8 nitrogen and oxygen atoms in total. The van der Waals surface area contributed by atoms with E-state index in [9.17, 15) is 18.0 Å². The zero-order valence-electron chi connectivity index (χ0n) is 25.5. The number of halogens is 3. The summed E-state index contributed by atoms with van der Waals surface area (Å²) in [6, 6.07) is 12.8. The molecule has 1 spiro atoms. The maximum absolute atomic E-state index is 13.7. The normalized spacial score (nSPS) is 21.5. The number of carbonyl (C=O) groups is 1. The van der Waals surface area contributed by atoms with E-state index < -0.39 is 18.6 Å². The van der Waals surface area contributed by atoms with E-state index in [4.69, 9.17) is 15.2 Å². The van der Waals surface area contributed by atoms with Gasteiger partial charge < -0.3 is 30.4 Å². The molecule has 3 aromatic rings. The van der Waals surface area contributed by atoms with E-state index in [-0.39, 0.29) is 18.3 Å². The molecule has 11 heteroatoms. The lowest BCUT2D eigenvalue weighted by Crippen LogP contribution is -2.62. The Morgan fingerprint density at radius 2 is 1.84 bits per heavy atom. The third-order valence-electron chi connectivity index (χ3n) is 9.56. The average molecular weight is 624 g/mol. The Hall–Kier alpha value is -3.88. The predicted molar refractivity (Wildman–Crippen MR) is 169 cm³/mol. The number of carbonyl (C=O) groups excluding carboxylic acids is 1. The summed E-state index contributed by atoms with van der Waals surface area (Å²) < 4.78 is 53.2. The molecule has 1 saturated carbocycles. The lowest BCUT2D eigenvalue weighted by Gasteiger charge is -2.56. The summed E-state index contributed by atoms with van der Waals surface area (Å²) in [5.41, 5.74) is 8.32. The van der Waals surface area contributed by atoms with Crippen molar-refractivity contribution >= 4 is 28.2 Å². The van der Waals surface area contributed by atoms with Gasteiger partial charge in [0.25, 0.3) is 0 Å². The van der Waals surface area contributed by atoms with Gasteiger partial charge in [0, 0.05) is 60.4 Å². The Morgan fingerprint density at radius 1 is 1.09 bits per heavy atom. The summed E-state index contributed by atoms with van der Waals surface area (Å²) in [6.07, 6.45) is 2.23. The number of nitrogens with zero attached hydrogens (tertiary/aromatic N) is 2. The first-order chi connectivity index (χ1) is 21.6. The van der Waals surface area contributed by atoms with Crippen molar-refractivity contribution in [2.45, 2.75) is 63.3 Å². The first-order valence-corrected chi connectivity index (χ1v) is 15.6. The summed E-state index contributed by atoms with van der Waals surface area (Å²) in [5, 5.41) is 7.49. The Morgan fingerprint density at radius 3 is 2.53 bits per heavy atom. The highest BCUT2D eigenvalue weighted by Crippen LogP contribution is 2.43. The zero-order chi connectivity index (χ0) is 31.6. The molecule has 1 aliphatic carbocycles. The molecule has 2 aromatic carbocycles. The van der Waals surface area contributed by atoms with E-state index >= 15 is 0 Å². The second kappa shape index (κ2) is 12.9. The van der Waals surface area contributed by atoms with Crippen molar-refractivity contribution in [2.75, 3.05) is 50.6 Å². The molecule has 0 bridgehead atoms. The SMILES string of the molecule is COc1cc(C(N)=O)ccc1NCC#Cc1cc2c(N[C@H]3CC[C@H](N4CC5(CCOCC5)C4)CC3)cccc2n1CC(F)(F)F. The van der Waals surface area contributed by atoms with Crippen molar-refractivity contribution in [3.63, 3.8) is 0 Å². The van der Waals surface area contributed by atoms with Gasteiger partial charge in [-0.3, -0.25) is 9.69 Å². The third kappa shape index (κ3) is 7.02. The molecular formula is C34H40F3N5O3. The smallest absolute Gasteiger partial charge is 0.406 e. The minimum atomic E-state index is -4.40. The summed E-state index contributed by atoms with van der Waals surface area (Å²) >= 11 is 0. The fourth-order valence-corrected chi connectivity index (χ4v) is 7.13. The third-order valence-corrected chi connectivity index (χ3v) is 9.56. The monoisotopic (exact) mass is 623 g/mol. The van der Waals surface area contributed by atoms with E-state index in [1.165, 1.54) is 43.7 Å². The number of methoxy groups -OCH3 is 1. The number of fused-ring (bicyclic) bond motifs is 1. The molecule has 0 atom stereocenters. The number of likely N-dealkylation sites (tertiary alicyclic amines) is 1. The highest BCUT2D eigenvalue weighted by atomic mass is 19.4. The van der Waals surface area contributed by atoms with Gasteiger partial charge in [0.1, 0.15) is 12.3 Å². The molecule has 0 unspecified atom stereocenters. The van der Waals surface area contributed by atoms with E-state index in [0.717, 1.165) is 50.0 Å². The van der Waals surface area contributed by atoms with Crippen molar-refractivity contribution in [1.29, 1.82) is 0 Å². The van der Waals surface area contributed by atoms with Crippen molar-refractivity contribution in [3.05, 3.63) is 53.7 Å². The van der Waals surface area contributed by atoms with Gasteiger partial charge in [-0.2, -0.15) is 13.2 Å². The number of anilines is 2. The van der Waals surface area contributed by atoms with E-state index in [1.807, 2.05) is 6.07 Å². The van der Waals surface area contributed by atoms with Gasteiger partial charge in [0.2, 0.25) is 5.91 Å². The van der Waals surface area contributed by atoms with Crippen LogP contribution in [0.4, 0.5) is 24.5 Å². The summed E-state index contributed by atoms with van der Waals surface area (Å²) in [5.74, 6) is 5.73. The maximum atomic E-state index is 13.7. The Kier molecular flexibility index (Phi) is 8.89. The van der Waals surface area contributed by atoms with Crippen molar-refractivity contribution in [1.82, 2.24) is 9.47 Å². The molecular weight excluding hydrogens is 583 g/mol. The molecule has 2 aliphatic heterocycles. The molecule has 0 radical (unpaired) electrons. The fourth-order valence-electron chi connectivity index (χ4n) is 7.13. The van der Waals surface area contributed by atoms with Crippen LogP contribution in [-0.4, -0.2) is 73.6 Å². The van der Waals surface area contributed by atoms with Crippen LogP contribution >= 0.6 is 0 Å². The van der Waals surface area contributed by atoms with Crippen LogP contribution in [0, 0.1) is 17.3 Å². The van der Waals surface area contributed by atoms with Crippen LogP contribution < -0.4 is 21.1 Å². The molecule has 4 N–H and O–H groups in total. The van der Waals surface area contributed by atoms with Crippen LogP contribution in [0.1, 0.15) is 54.6 Å². The second-order valence-electron chi connectivity index (χ2n) is 12.6. The Bertz CT molecular complexity index is 1590. The van der Waals surface area contributed by atoms with E-state index in [0.29, 0.717) is 34.0 Å². The number of amides is 1. The minimum absolute atomic E-state index is 0.153. The van der Waals surface area contributed by atoms with E-state index in [2.05, 4.69) is 27.4 Å². The number of nitrogens with two attached hydrogens (primary N) is 1. The number of benzene rings is 2. The minimum Gasteiger partial charge on any atom is -0.495 e. The zero-order valence-corrected chi connectivity index (χ0v) is 25.5. The predicted octanol–water partition coefficient (Wildman–Crippen LogP) is 5.61. The lowest BCUT2D eigenvalue weighted by atomic mass is 9.71. The molecule has 6 rings (SSSR count). The summed E-state index contributed by atoms with van der Waals surface area (Å²) in [4.78, 5) is 14.1. The number of primary amides is 1. The van der Waals surface area contributed by atoms with Crippen molar-refractivity contribution in [2.24, 2.45) is 11.1 Å². The van der Waals surface area contributed by atoms with Crippen LogP contribution in [0.5, 0.6) is 5.75 Å². The lowest BCUT2D eigenvalue weighted by molar-refractivity contribution is -0.140. The molecule has 45 heavy (non-hydrogen) atoms. The van der Waals surface area contributed by atoms with Crippen LogP contribution in [0.15, 0.2) is 42.5 Å². The molecule has 1 aromatic heterocycles. The van der Waals surface area contributed by atoms with Gasteiger partial charge in [0.15, 0.2) is 0 Å². The van der Waals surface area contributed by atoms with Gasteiger partial charge in [-0.25, -0.2) is 0 Å². The highest BCUT2D eigenvalue weighted by Gasteiger charge is 2.46. The molecule has 2 saturated heterocycles. The number of alkyl halides is 3. The quantitative estimate of drug-likeness (QED) is 0.283. The molecule has 3 fully saturated rings.